The fourth-order valence-electron chi connectivity index (χ4n) is 16.2. The third kappa shape index (κ3) is 6.57. The summed E-state index contributed by atoms with van der Waals surface area (Å²) < 4.78 is 0. The minimum absolute atomic E-state index is 0.0466. The highest BCUT2D eigenvalue weighted by Gasteiger charge is 2.45. The first-order valence-electron chi connectivity index (χ1n) is 30.3. The van der Waals surface area contributed by atoms with Crippen molar-refractivity contribution in [1.29, 1.82) is 0 Å². The molecule has 0 aromatic heterocycles. The van der Waals surface area contributed by atoms with Gasteiger partial charge in [-0.25, -0.2) is 0 Å². The molecule has 14 aromatic rings. The molecule has 0 N–H and O–H groups in total. The van der Waals surface area contributed by atoms with Crippen LogP contribution in [0.5, 0.6) is 0 Å². The van der Waals surface area contributed by atoms with E-state index in [0.29, 0.717) is 11.8 Å². The molecule has 390 valence electrons. The van der Waals surface area contributed by atoms with E-state index in [2.05, 4.69) is 282 Å². The highest BCUT2D eigenvalue weighted by Crippen LogP contribution is 2.55. The molecule has 0 bridgehead atoms. The highest BCUT2D eigenvalue weighted by atomic mass is 14.4. The van der Waals surface area contributed by atoms with Crippen LogP contribution in [-0.4, -0.2) is 13.4 Å². The van der Waals surface area contributed by atoms with Gasteiger partial charge in [0.2, 0.25) is 13.4 Å². The monoisotopic (exact) mass is 1060 g/mol. The van der Waals surface area contributed by atoms with Gasteiger partial charge in [-0.15, -0.1) is 0 Å². The lowest BCUT2D eigenvalue weighted by atomic mass is 9.34. The molecule has 18 rings (SSSR count). The third-order valence-corrected chi connectivity index (χ3v) is 19.8. The minimum Gasteiger partial charge on any atom is -0.0664 e. The summed E-state index contributed by atoms with van der Waals surface area (Å²) in [7, 11) is 0. The molecular formula is C82H56B2. The molecule has 0 nitrogen and oxygen atoms in total. The van der Waals surface area contributed by atoms with Crippen molar-refractivity contribution in [3.05, 3.63) is 266 Å². The second-order valence-electron chi connectivity index (χ2n) is 24.8. The van der Waals surface area contributed by atoms with Crippen molar-refractivity contribution in [3.63, 3.8) is 0 Å². The molecule has 0 saturated heterocycles. The van der Waals surface area contributed by atoms with Crippen LogP contribution in [0.3, 0.4) is 0 Å². The van der Waals surface area contributed by atoms with E-state index in [0.717, 1.165) is 0 Å². The quantitative estimate of drug-likeness (QED) is 0.105. The third-order valence-electron chi connectivity index (χ3n) is 19.8. The topological polar surface area (TPSA) is 0 Å². The van der Waals surface area contributed by atoms with Gasteiger partial charge in [0.15, 0.2) is 0 Å². The average molecular weight is 1060 g/mol. The molecule has 2 heteroatoms. The summed E-state index contributed by atoms with van der Waals surface area (Å²) in [5, 5.41) is 8.16. The molecule has 4 heterocycles. The minimum atomic E-state index is 0.0466. The number of fused-ring (bicyclic) bond motifs is 10. The Hall–Kier alpha value is -9.75. The van der Waals surface area contributed by atoms with Gasteiger partial charge in [-0.05, 0) is 179 Å². The molecule has 4 aliphatic rings. The van der Waals surface area contributed by atoms with Crippen LogP contribution >= 0.6 is 0 Å². The standard InChI is InChI=1S/C82H56B2/c1-47(2)53-39-67-59-31-17-19-37-71(59)83-73-45-66-62(76-57(51-27-13-7-14-28-51)35-22-36-58(76)52-29-15-8-16-30-52)44-64-70-42-54(48(3)4)40-68-60-32-18-20-38-72(60)84(82(68)70)74-46-65-61(43-63(69(41-53)81(67)83)77(73)79(65)80(66)78(64)74)75-55(49-23-9-5-10-24-49)33-21-34-56(75)50-25-11-6-12-26-50/h5-48H,1-4H3. The molecule has 0 unspecified atom stereocenters. The maximum absolute atomic E-state index is 2.72. The summed E-state index contributed by atoms with van der Waals surface area (Å²) in [6.07, 6.45) is 0. The molecule has 0 amide bonds. The van der Waals surface area contributed by atoms with Gasteiger partial charge >= 0.3 is 0 Å². The fourth-order valence-corrected chi connectivity index (χ4v) is 16.2. The first-order valence-corrected chi connectivity index (χ1v) is 30.3. The summed E-state index contributed by atoms with van der Waals surface area (Å²) in [5.74, 6) is 0.678. The van der Waals surface area contributed by atoms with Crippen LogP contribution < -0.4 is 32.8 Å². The smallest absolute Gasteiger partial charge is 0.0664 e. The Morgan fingerprint density at radius 3 is 0.857 bits per heavy atom. The molecule has 0 atom stereocenters. The van der Waals surface area contributed by atoms with Crippen LogP contribution in [0.1, 0.15) is 50.7 Å². The van der Waals surface area contributed by atoms with E-state index >= 15 is 0 Å². The molecule has 4 aliphatic heterocycles. The van der Waals surface area contributed by atoms with Crippen LogP contribution in [0.4, 0.5) is 0 Å². The maximum atomic E-state index is 2.72. The van der Waals surface area contributed by atoms with E-state index in [1.807, 2.05) is 0 Å². The Labute approximate surface area is 492 Å². The van der Waals surface area contributed by atoms with Crippen molar-refractivity contribution < 1.29 is 0 Å². The van der Waals surface area contributed by atoms with Crippen molar-refractivity contribution >= 4 is 78.5 Å². The Kier molecular flexibility index (Phi) is 10.2. The van der Waals surface area contributed by atoms with E-state index in [1.165, 1.54) is 187 Å². The molecule has 0 fully saturated rings. The summed E-state index contributed by atoms with van der Waals surface area (Å²) in [6, 6.07) is 98.5. The van der Waals surface area contributed by atoms with Crippen LogP contribution in [0.2, 0.25) is 0 Å². The molecule has 0 spiro atoms. The van der Waals surface area contributed by atoms with E-state index in [1.54, 1.807) is 0 Å². The second-order valence-corrected chi connectivity index (χ2v) is 24.8. The van der Waals surface area contributed by atoms with E-state index < -0.39 is 0 Å². The van der Waals surface area contributed by atoms with E-state index in [-0.39, 0.29) is 13.4 Å². The van der Waals surface area contributed by atoms with Gasteiger partial charge < -0.3 is 0 Å². The fraction of sp³-hybridized carbons (Fsp3) is 0.0732. The molecular weight excluding hydrogens is 1010 g/mol. The second kappa shape index (κ2) is 17.9. The zero-order chi connectivity index (χ0) is 55.6. The Balaban J connectivity index is 1.12. The van der Waals surface area contributed by atoms with Crippen molar-refractivity contribution in [1.82, 2.24) is 0 Å². The largest absolute Gasteiger partial charge is 0.244 e. The van der Waals surface area contributed by atoms with Gasteiger partial charge in [0.05, 0.1) is 0 Å². The normalized spacial score (nSPS) is 12.9. The zero-order valence-electron chi connectivity index (χ0n) is 47.6. The lowest BCUT2D eigenvalue weighted by Gasteiger charge is -2.34. The van der Waals surface area contributed by atoms with Crippen LogP contribution in [-0.2, 0) is 0 Å². The lowest BCUT2D eigenvalue weighted by Crippen LogP contribution is -2.53. The van der Waals surface area contributed by atoms with Gasteiger partial charge in [-0.1, -0.05) is 303 Å². The molecule has 14 aromatic carbocycles. The van der Waals surface area contributed by atoms with Gasteiger partial charge in [0, 0.05) is 0 Å². The Bertz CT molecular complexity index is 4670. The van der Waals surface area contributed by atoms with Gasteiger partial charge in [-0.3, -0.25) is 0 Å². The zero-order valence-corrected chi connectivity index (χ0v) is 47.6. The number of hydrogen-bond acceptors (Lipinski definition) is 0. The summed E-state index contributed by atoms with van der Waals surface area (Å²) in [4.78, 5) is 0. The summed E-state index contributed by atoms with van der Waals surface area (Å²) >= 11 is 0. The van der Waals surface area contributed by atoms with Gasteiger partial charge in [0.25, 0.3) is 0 Å². The highest BCUT2D eigenvalue weighted by molar-refractivity contribution is 7.03. The maximum Gasteiger partial charge on any atom is 0.244 e. The number of hydrogen-bond donors (Lipinski definition) is 0. The van der Waals surface area contributed by atoms with Crippen LogP contribution in [0.25, 0.3) is 144 Å². The number of benzene rings is 14. The van der Waals surface area contributed by atoms with Gasteiger partial charge in [-0.2, -0.15) is 0 Å². The molecule has 0 aliphatic carbocycles. The van der Waals surface area contributed by atoms with Gasteiger partial charge in [0.1, 0.15) is 0 Å². The lowest BCUT2D eigenvalue weighted by molar-refractivity contribution is 0.868. The molecule has 0 radical (unpaired) electrons. The average Bonchev–Trinajstić information content (AvgIpc) is 1.22. The summed E-state index contributed by atoms with van der Waals surface area (Å²) in [6.45, 7) is 9.57. The van der Waals surface area contributed by atoms with Crippen molar-refractivity contribution in [2.45, 2.75) is 39.5 Å². The predicted octanol–water partition coefficient (Wildman–Crippen LogP) is 17.8. The predicted molar refractivity (Wildman–Crippen MR) is 362 cm³/mol. The Morgan fingerprint density at radius 1 is 0.226 bits per heavy atom. The van der Waals surface area contributed by atoms with Crippen LogP contribution in [0, 0.1) is 0 Å². The van der Waals surface area contributed by atoms with Crippen molar-refractivity contribution in [2.24, 2.45) is 0 Å². The summed E-state index contributed by atoms with van der Waals surface area (Å²) in [5.41, 5.74) is 37.0. The van der Waals surface area contributed by atoms with E-state index in [4.69, 9.17) is 0 Å². The molecule has 0 saturated carbocycles. The van der Waals surface area contributed by atoms with Crippen molar-refractivity contribution in [2.75, 3.05) is 0 Å². The number of rotatable bonds is 8. The molecule has 84 heavy (non-hydrogen) atoms. The van der Waals surface area contributed by atoms with Crippen LogP contribution in [0.15, 0.2) is 255 Å². The van der Waals surface area contributed by atoms with Crippen molar-refractivity contribution in [3.8, 4) is 111 Å². The SMILES string of the molecule is CC(C)c1cc2c3c(c1)-c1cc(-c4c(-c5ccccc5)cccc4-c4ccccc4)c4cc5c6c(cc(-c7c(-c8ccccc8)cccc7-c7ccccc7)c7cc(c1c4c76)B3c1ccccc1-2)-c1cc(C(C)C)cc2c1B5c1ccccc1-2. The van der Waals surface area contributed by atoms with E-state index in [9.17, 15) is 0 Å². The first-order chi connectivity index (χ1) is 41.4. The Morgan fingerprint density at radius 2 is 0.524 bits per heavy atom. The first kappa shape index (κ1) is 47.8.